The molecule has 5 nitrogen and oxygen atoms in total. The highest BCUT2D eigenvalue weighted by atomic mass is 16.5. The van der Waals surface area contributed by atoms with E-state index in [0.29, 0.717) is 5.75 Å². The number of rotatable bonds is 4. The second-order valence-electron chi connectivity index (χ2n) is 4.97. The third-order valence-corrected chi connectivity index (χ3v) is 3.47. The Morgan fingerprint density at radius 3 is 2.76 bits per heavy atom. The number of esters is 1. The van der Waals surface area contributed by atoms with Gasteiger partial charge < -0.3 is 9.84 Å². The quantitative estimate of drug-likeness (QED) is 0.398. The molecule has 5 heteroatoms. The van der Waals surface area contributed by atoms with Gasteiger partial charge in [-0.15, -0.1) is 0 Å². The first-order valence-electron chi connectivity index (χ1n) is 6.74. The second kappa shape index (κ2) is 6.35. The maximum Gasteiger partial charge on any atom is 0.379 e. The monoisotopic (exact) mass is 288 g/mol. The van der Waals surface area contributed by atoms with E-state index in [2.05, 4.69) is 0 Å². The molecular formula is C16H16O5. The fraction of sp³-hybridized carbons (Fsp3) is 0.312. The van der Waals surface area contributed by atoms with Crippen LogP contribution in [0.5, 0.6) is 5.75 Å². The van der Waals surface area contributed by atoms with Gasteiger partial charge in [-0.3, -0.25) is 4.79 Å². The zero-order valence-electron chi connectivity index (χ0n) is 11.7. The molecule has 0 fully saturated rings. The third kappa shape index (κ3) is 3.56. The van der Waals surface area contributed by atoms with Crippen molar-refractivity contribution in [2.45, 2.75) is 32.1 Å². The van der Waals surface area contributed by atoms with Gasteiger partial charge in [0.1, 0.15) is 5.75 Å². The van der Waals surface area contributed by atoms with Crippen molar-refractivity contribution in [2.75, 3.05) is 0 Å². The second-order valence-corrected chi connectivity index (χ2v) is 4.97. The Hall–Kier alpha value is -2.43. The van der Waals surface area contributed by atoms with Crippen molar-refractivity contribution in [1.29, 1.82) is 0 Å². The van der Waals surface area contributed by atoms with E-state index in [4.69, 9.17) is 9.84 Å². The van der Waals surface area contributed by atoms with Crippen LogP contribution in [0.3, 0.4) is 0 Å². The number of benzene rings is 1. The predicted octanol–water partition coefficient (Wildman–Crippen LogP) is 2.24. The van der Waals surface area contributed by atoms with E-state index < -0.39 is 17.7 Å². The van der Waals surface area contributed by atoms with Crippen molar-refractivity contribution in [1.82, 2.24) is 0 Å². The van der Waals surface area contributed by atoms with Crippen molar-refractivity contribution in [3.05, 3.63) is 41.5 Å². The van der Waals surface area contributed by atoms with Crippen LogP contribution in [0.4, 0.5) is 0 Å². The van der Waals surface area contributed by atoms with Crippen LogP contribution in [0.1, 0.15) is 36.8 Å². The molecule has 110 valence electrons. The normalized spacial score (nSPS) is 17.3. The van der Waals surface area contributed by atoms with E-state index in [1.165, 1.54) is 0 Å². The summed E-state index contributed by atoms with van der Waals surface area (Å²) < 4.78 is 5.12. The number of aliphatic carboxylic acids is 1. The van der Waals surface area contributed by atoms with Gasteiger partial charge in [-0.25, -0.2) is 9.59 Å². The first-order chi connectivity index (χ1) is 9.99. The van der Waals surface area contributed by atoms with Crippen LogP contribution < -0.4 is 4.74 Å². The summed E-state index contributed by atoms with van der Waals surface area (Å²) in [5.41, 5.74) is 1.82. The van der Waals surface area contributed by atoms with Gasteiger partial charge in [0.25, 0.3) is 0 Å². The lowest BCUT2D eigenvalue weighted by Crippen LogP contribution is -2.19. The van der Waals surface area contributed by atoms with E-state index in [9.17, 15) is 14.4 Å². The molecular weight excluding hydrogens is 272 g/mol. The summed E-state index contributed by atoms with van der Waals surface area (Å²) in [7, 11) is 0. The molecule has 1 unspecified atom stereocenters. The lowest BCUT2D eigenvalue weighted by Gasteiger charge is -2.24. The van der Waals surface area contributed by atoms with Gasteiger partial charge >= 0.3 is 11.9 Å². The number of Topliss-reactive ketones (excluding diaryl/α,β-unsaturated/α-hetero) is 1. The minimum Gasteiger partial charge on any atom is -0.478 e. The van der Waals surface area contributed by atoms with E-state index in [-0.39, 0.29) is 5.92 Å². The Labute approximate surface area is 122 Å². The fourth-order valence-electron chi connectivity index (χ4n) is 2.52. The number of carbonyl (C=O) groups is 3. The first-order valence-corrected chi connectivity index (χ1v) is 6.74. The van der Waals surface area contributed by atoms with E-state index in [1.807, 2.05) is 6.07 Å². The fourth-order valence-corrected chi connectivity index (χ4v) is 2.52. The van der Waals surface area contributed by atoms with E-state index >= 15 is 0 Å². The van der Waals surface area contributed by atoms with Crippen LogP contribution in [-0.4, -0.2) is 22.8 Å². The zero-order valence-corrected chi connectivity index (χ0v) is 11.7. The zero-order chi connectivity index (χ0) is 15.4. The lowest BCUT2D eigenvalue weighted by atomic mass is 9.82. The topological polar surface area (TPSA) is 80.7 Å². The van der Waals surface area contributed by atoms with Crippen molar-refractivity contribution in [3.8, 4) is 5.75 Å². The Balaban J connectivity index is 2.32. The van der Waals surface area contributed by atoms with Crippen molar-refractivity contribution < 1.29 is 24.2 Å². The average molecular weight is 288 g/mol. The maximum absolute atomic E-state index is 11.4. The van der Waals surface area contributed by atoms with Gasteiger partial charge in [-0.05, 0) is 36.5 Å². The third-order valence-electron chi connectivity index (χ3n) is 3.47. The molecule has 0 saturated carbocycles. The molecule has 1 aromatic carbocycles. The highest BCUT2D eigenvalue weighted by Crippen LogP contribution is 2.37. The van der Waals surface area contributed by atoms with Gasteiger partial charge in [0.05, 0.1) is 0 Å². The van der Waals surface area contributed by atoms with Crippen molar-refractivity contribution in [3.63, 3.8) is 0 Å². The van der Waals surface area contributed by atoms with Gasteiger partial charge in [0, 0.05) is 18.9 Å². The number of carbonyl (C=O) groups excluding carboxylic acids is 2. The summed E-state index contributed by atoms with van der Waals surface area (Å²) in [5, 5.41) is 8.73. The molecule has 1 aliphatic carbocycles. The average Bonchev–Trinajstić information content (AvgIpc) is 2.45. The number of ketones is 1. The summed E-state index contributed by atoms with van der Waals surface area (Å²) in [5.74, 6) is -2.14. The Bertz CT molecular complexity index is 615. The van der Waals surface area contributed by atoms with Crippen LogP contribution in [0.25, 0.3) is 0 Å². The molecule has 0 saturated heterocycles. The smallest absolute Gasteiger partial charge is 0.379 e. The summed E-state index contributed by atoms with van der Waals surface area (Å²) in [6, 6.07) is 5.30. The predicted molar refractivity (Wildman–Crippen MR) is 75.2 cm³/mol. The number of hydrogen-bond donors (Lipinski definition) is 1. The van der Waals surface area contributed by atoms with E-state index in [0.717, 1.165) is 43.4 Å². The first kappa shape index (κ1) is 15.0. The van der Waals surface area contributed by atoms with Crippen LogP contribution in [0.2, 0.25) is 0 Å². The van der Waals surface area contributed by atoms with Crippen LogP contribution in [0.15, 0.2) is 30.4 Å². The number of allylic oxidation sites excluding steroid dienone is 1. The summed E-state index contributed by atoms with van der Waals surface area (Å²) >= 11 is 0. The minimum absolute atomic E-state index is 0.0131. The largest absolute Gasteiger partial charge is 0.478 e. The minimum atomic E-state index is -0.985. The number of carboxylic acids is 1. The van der Waals surface area contributed by atoms with Crippen molar-refractivity contribution >= 4 is 17.7 Å². The molecule has 1 aliphatic rings. The number of ether oxygens (including phenoxy) is 1. The Morgan fingerprint density at radius 1 is 1.33 bits per heavy atom. The Morgan fingerprint density at radius 2 is 2.10 bits per heavy atom. The number of hydrogen-bond acceptors (Lipinski definition) is 4. The SMILES string of the molecule is CC(=O)C(=O)Oc1cccc2c1CCCC2C=CC(=O)O. The van der Waals surface area contributed by atoms with Crippen LogP contribution in [-0.2, 0) is 20.8 Å². The number of carboxylic acid groups (broad SMARTS) is 1. The molecule has 1 N–H and O–H groups in total. The molecule has 1 atom stereocenters. The molecule has 0 bridgehead atoms. The molecule has 0 aliphatic heterocycles. The molecule has 0 heterocycles. The van der Waals surface area contributed by atoms with E-state index in [1.54, 1.807) is 18.2 Å². The molecule has 0 amide bonds. The van der Waals surface area contributed by atoms with Crippen LogP contribution in [0, 0.1) is 0 Å². The van der Waals surface area contributed by atoms with Crippen molar-refractivity contribution in [2.24, 2.45) is 0 Å². The van der Waals surface area contributed by atoms with Gasteiger partial charge in [0.15, 0.2) is 0 Å². The van der Waals surface area contributed by atoms with Crippen LogP contribution >= 0.6 is 0 Å². The highest BCUT2D eigenvalue weighted by molar-refractivity contribution is 6.33. The molecule has 21 heavy (non-hydrogen) atoms. The van der Waals surface area contributed by atoms with Gasteiger partial charge in [-0.2, -0.15) is 0 Å². The van der Waals surface area contributed by atoms with Gasteiger partial charge in [0.2, 0.25) is 5.78 Å². The summed E-state index contributed by atoms with van der Waals surface area (Å²) in [6.07, 6.45) is 5.25. The highest BCUT2D eigenvalue weighted by Gasteiger charge is 2.23. The van der Waals surface area contributed by atoms with Gasteiger partial charge in [-0.1, -0.05) is 18.2 Å². The standard InChI is InChI=1S/C16H16O5/c1-10(17)16(20)21-14-7-3-5-12-11(8-9-15(18)19)4-2-6-13(12)14/h3,5,7-9,11H,2,4,6H2,1H3,(H,18,19). The Kier molecular flexibility index (Phi) is 4.52. The molecule has 1 aromatic rings. The molecule has 0 aromatic heterocycles. The lowest BCUT2D eigenvalue weighted by molar-refractivity contribution is -0.146. The molecule has 2 rings (SSSR count). The molecule has 0 radical (unpaired) electrons. The summed E-state index contributed by atoms with van der Waals surface area (Å²) in [4.78, 5) is 33.1. The summed E-state index contributed by atoms with van der Waals surface area (Å²) in [6.45, 7) is 1.16. The molecule has 0 spiro atoms. The number of fused-ring (bicyclic) bond motifs is 1. The maximum atomic E-state index is 11.4.